The van der Waals surface area contributed by atoms with E-state index < -0.39 is 0 Å². The number of hydrogen-bond donors (Lipinski definition) is 0. The van der Waals surface area contributed by atoms with Gasteiger partial charge in [0.05, 0.1) is 0 Å². The van der Waals surface area contributed by atoms with Crippen molar-refractivity contribution < 1.29 is 36.1 Å². The van der Waals surface area contributed by atoms with Gasteiger partial charge in [0.1, 0.15) is 6.29 Å². The predicted octanol–water partition coefficient (Wildman–Crippen LogP) is 1.45. The molecule has 5 nitrogen and oxygen atoms in total. The van der Waals surface area contributed by atoms with Crippen LogP contribution in [0.5, 0.6) is 0 Å². The summed E-state index contributed by atoms with van der Waals surface area (Å²) in [6.07, 6.45) is 0.847. The Bertz CT molecular complexity index is 340. The van der Waals surface area contributed by atoms with E-state index in [9.17, 15) is 4.79 Å². The van der Waals surface area contributed by atoms with Gasteiger partial charge in [0.2, 0.25) is 0 Å². The van der Waals surface area contributed by atoms with Crippen LogP contribution in [0.1, 0.15) is 10.4 Å². The van der Waals surface area contributed by atoms with Crippen LogP contribution in [0.25, 0.3) is 0 Å². The van der Waals surface area contributed by atoms with Crippen LogP contribution in [-0.2, 0) is 31.3 Å². The van der Waals surface area contributed by atoms with Crippen molar-refractivity contribution in [2.24, 2.45) is 0 Å². The Morgan fingerprint density at radius 1 is 0.944 bits per heavy atom. The molecule has 0 bridgehead atoms. The number of carbonyl (C=O) groups is 1. The normalized spacial score (nSPS) is 6.00. The minimum Gasteiger partial charge on any atom is 0 e. The molecule has 0 saturated heterocycles. The first-order valence-electron chi connectivity index (χ1n) is 4.08. The molecule has 0 spiro atoms. The Labute approximate surface area is 117 Å². The summed E-state index contributed by atoms with van der Waals surface area (Å²) in [5.74, 6) is 0. The zero-order valence-corrected chi connectivity index (χ0v) is 11.2. The standard InChI is InChI=1S/C9H11NO.3CO.Cr/c1-10(2)9-5-3-8(7-11)4-6-9;3*1-2;/h3-7H,1-2H3;;;;. The van der Waals surface area contributed by atoms with Gasteiger partial charge in [-0.1, -0.05) is 0 Å². The molecule has 0 aromatic heterocycles. The summed E-state index contributed by atoms with van der Waals surface area (Å²) in [6, 6.07) is 7.46. The average molecular weight is 285 g/mol. The second kappa shape index (κ2) is 20.8. The van der Waals surface area contributed by atoms with E-state index in [1.165, 1.54) is 0 Å². The maximum absolute atomic E-state index is 10.3. The van der Waals surface area contributed by atoms with E-state index in [1.54, 1.807) is 0 Å². The second-order valence-electron chi connectivity index (χ2n) is 2.60. The summed E-state index contributed by atoms with van der Waals surface area (Å²) in [7, 11) is 3.94. The fraction of sp³-hybridized carbons (Fsp3) is 0.167. The van der Waals surface area contributed by atoms with Gasteiger partial charge >= 0.3 is 33.9 Å². The number of aldehydes is 1. The molecule has 1 aromatic carbocycles. The van der Waals surface area contributed by atoms with Crippen molar-refractivity contribution >= 4 is 12.0 Å². The maximum atomic E-state index is 10.3. The fourth-order valence-electron chi connectivity index (χ4n) is 0.851. The molecule has 0 fully saturated rings. The summed E-state index contributed by atoms with van der Waals surface area (Å²) < 4.78 is 22.5. The van der Waals surface area contributed by atoms with Crippen molar-refractivity contribution in [1.29, 1.82) is 0 Å². The van der Waals surface area contributed by atoms with E-state index in [4.69, 9.17) is 14.0 Å². The first kappa shape index (κ1) is 25.3. The molecule has 0 N–H and O–H groups in total. The van der Waals surface area contributed by atoms with Crippen molar-refractivity contribution in [1.82, 2.24) is 0 Å². The number of benzene rings is 1. The maximum Gasteiger partial charge on any atom is 0 e. The third-order valence-electron chi connectivity index (χ3n) is 1.55. The summed E-state index contributed by atoms with van der Waals surface area (Å²) in [6.45, 7) is 13.5. The molecule has 0 aliphatic carbocycles. The van der Waals surface area contributed by atoms with Gasteiger partial charge in [-0.25, -0.2) is 0 Å². The Kier molecular flexibility index (Phi) is 29.3. The second-order valence-corrected chi connectivity index (χ2v) is 2.60. The van der Waals surface area contributed by atoms with E-state index in [0.29, 0.717) is 0 Å². The average Bonchev–Trinajstić information content (AvgIpc) is 2.45. The smallest absolute Gasteiger partial charge is 0 e. The SMILES string of the molecule is CN(C)c1ccc(C=O)cc1.[C-]#[O+].[C-]#[O+].[C-]#[O+].[Cr]. The summed E-state index contributed by atoms with van der Waals surface area (Å²) in [5, 5.41) is 0. The first-order chi connectivity index (χ1) is 8.24. The largest absolute Gasteiger partial charge is 0 e. The van der Waals surface area contributed by atoms with Gasteiger partial charge < -0.3 is 4.90 Å². The molecule has 6 heteroatoms. The topological polar surface area (TPSA) is 80.0 Å². The van der Waals surface area contributed by atoms with Gasteiger partial charge in [0.25, 0.3) is 0 Å². The monoisotopic (exact) mass is 285 g/mol. The number of anilines is 1. The van der Waals surface area contributed by atoms with Gasteiger partial charge in [-0.2, -0.15) is 0 Å². The van der Waals surface area contributed by atoms with Crippen LogP contribution in [-0.4, -0.2) is 20.4 Å². The first-order valence-corrected chi connectivity index (χ1v) is 4.08. The third kappa shape index (κ3) is 12.5. The Morgan fingerprint density at radius 2 is 1.28 bits per heavy atom. The van der Waals surface area contributed by atoms with E-state index in [0.717, 1.165) is 17.5 Å². The molecule has 0 aliphatic rings. The molecule has 0 amide bonds. The Morgan fingerprint density at radius 3 is 1.50 bits per heavy atom. The molecule has 1 aromatic rings. The molecular weight excluding hydrogens is 274 g/mol. The van der Waals surface area contributed by atoms with Gasteiger partial charge in [-0.05, 0) is 24.3 Å². The summed E-state index contributed by atoms with van der Waals surface area (Å²) in [5.41, 5.74) is 1.83. The van der Waals surface area contributed by atoms with E-state index in [2.05, 4.69) is 20.0 Å². The van der Waals surface area contributed by atoms with Crippen LogP contribution < -0.4 is 4.90 Å². The van der Waals surface area contributed by atoms with Crippen molar-refractivity contribution in [3.8, 4) is 0 Å². The van der Waals surface area contributed by atoms with Crippen molar-refractivity contribution in [3.05, 3.63) is 49.8 Å². The van der Waals surface area contributed by atoms with Crippen LogP contribution in [0.3, 0.4) is 0 Å². The van der Waals surface area contributed by atoms with Crippen LogP contribution >= 0.6 is 0 Å². The molecule has 0 radical (unpaired) electrons. The molecule has 0 saturated carbocycles. The molecule has 0 heterocycles. The van der Waals surface area contributed by atoms with Crippen molar-refractivity contribution in [3.63, 3.8) is 0 Å². The van der Waals surface area contributed by atoms with Crippen molar-refractivity contribution in [2.75, 3.05) is 19.0 Å². The van der Waals surface area contributed by atoms with Crippen molar-refractivity contribution in [2.45, 2.75) is 0 Å². The van der Waals surface area contributed by atoms with Crippen LogP contribution in [0.2, 0.25) is 0 Å². The Balaban J connectivity index is -0.000000123. The summed E-state index contributed by atoms with van der Waals surface area (Å²) in [4.78, 5) is 12.3. The van der Waals surface area contributed by atoms with Crippen LogP contribution in [0.4, 0.5) is 5.69 Å². The molecule has 94 valence electrons. The van der Waals surface area contributed by atoms with E-state index >= 15 is 0 Å². The summed E-state index contributed by atoms with van der Waals surface area (Å²) >= 11 is 0. The molecule has 18 heavy (non-hydrogen) atoms. The Hall–Kier alpha value is -1.56. The zero-order valence-electron chi connectivity index (χ0n) is 9.88. The third-order valence-corrected chi connectivity index (χ3v) is 1.55. The van der Waals surface area contributed by atoms with Gasteiger partial charge in [0.15, 0.2) is 0 Å². The fourth-order valence-corrected chi connectivity index (χ4v) is 0.851. The molecule has 1 rings (SSSR count). The quantitative estimate of drug-likeness (QED) is 0.468. The molecular formula is C12H11CrNO4. The van der Waals surface area contributed by atoms with E-state index in [-0.39, 0.29) is 17.4 Å². The predicted molar refractivity (Wildman–Crippen MR) is 57.9 cm³/mol. The number of rotatable bonds is 2. The molecule has 0 atom stereocenters. The molecule has 0 unspecified atom stereocenters. The van der Waals surface area contributed by atoms with Gasteiger partial charge in [-0.15, -0.1) is 0 Å². The van der Waals surface area contributed by atoms with Crippen LogP contribution in [0, 0.1) is 20.0 Å². The minimum absolute atomic E-state index is 0. The molecule has 0 aliphatic heterocycles. The van der Waals surface area contributed by atoms with Gasteiger partial charge in [-0.3, -0.25) is 4.79 Å². The van der Waals surface area contributed by atoms with Crippen LogP contribution in [0.15, 0.2) is 24.3 Å². The minimum atomic E-state index is 0. The van der Waals surface area contributed by atoms with E-state index in [1.807, 2.05) is 43.3 Å². The number of nitrogens with zero attached hydrogens (tertiary/aromatic N) is 1. The number of carbonyl (C=O) groups excluding carboxylic acids is 1. The van der Waals surface area contributed by atoms with Gasteiger partial charge in [0, 0.05) is 42.7 Å². The zero-order chi connectivity index (χ0) is 14.3. The number of hydrogen-bond acceptors (Lipinski definition) is 2.